The maximum Gasteiger partial charge on any atom is 0.238 e. The van der Waals surface area contributed by atoms with Gasteiger partial charge in [0.15, 0.2) is 0 Å². The first-order valence-corrected chi connectivity index (χ1v) is 7.62. The molecule has 0 aromatic heterocycles. The molecule has 0 aliphatic carbocycles. The molecule has 0 atom stereocenters. The number of ether oxygens (including phenoxy) is 2. The monoisotopic (exact) mass is 358 g/mol. The first-order valence-electron chi connectivity index (χ1n) is 6.83. The zero-order chi connectivity index (χ0) is 15.7. The number of nitrogens with one attached hydrogen (secondary N) is 1. The van der Waals surface area contributed by atoms with E-state index in [1.807, 2.05) is 30.0 Å². The van der Waals surface area contributed by atoms with E-state index in [1.165, 1.54) is 0 Å². The number of nitrogens with zero attached hydrogens (tertiary/aromatic N) is 1. The van der Waals surface area contributed by atoms with Crippen molar-refractivity contribution < 1.29 is 14.3 Å². The maximum absolute atomic E-state index is 12.1. The van der Waals surface area contributed by atoms with Crippen LogP contribution in [0, 0.1) is 6.92 Å². The summed E-state index contributed by atoms with van der Waals surface area (Å²) in [7, 11) is 3.30. The van der Waals surface area contributed by atoms with Crippen molar-refractivity contribution in [1.29, 1.82) is 0 Å². The fourth-order valence-electron chi connectivity index (χ4n) is 1.83. The van der Waals surface area contributed by atoms with Crippen LogP contribution in [0.15, 0.2) is 22.7 Å². The number of amides is 1. The zero-order valence-electron chi connectivity index (χ0n) is 12.8. The smallest absolute Gasteiger partial charge is 0.238 e. The van der Waals surface area contributed by atoms with Gasteiger partial charge in [-0.2, -0.15) is 0 Å². The number of hydrogen-bond donors (Lipinski definition) is 1. The Labute approximate surface area is 134 Å². The molecule has 0 aliphatic rings. The summed E-state index contributed by atoms with van der Waals surface area (Å²) in [6.45, 7) is 4.89. The van der Waals surface area contributed by atoms with E-state index in [-0.39, 0.29) is 5.91 Å². The lowest BCUT2D eigenvalue weighted by molar-refractivity contribution is -0.117. The molecule has 0 saturated carbocycles. The summed E-state index contributed by atoms with van der Waals surface area (Å²) in [4.78, 5) is 14.1. The average molecular weight is 359 g/mol. The summed E-state index contributed by atoms with van der Waals surface area (Å²) >= 11 is 3.46. The Morgan fingerprint density at radius 2 is 1.86 bits per heavy atom. The standard InChI is InChI=1S/C15H23BrN2O3/c1-12-4-5-14(13(16)10-12)17-15(19)11-18(6-8-20-2)7-9-21-3/h4-5,10H,6-9,11H2,1-3H3,(H,17,19). The van der Waals surface area contributed by atoms with Crippen LogP contribution in [0.5, 0.6) is 0 Å². The minimum Gasteiger partial charge on any atom is -0.383 e. The van der Waals surface area contributed by atoms with Crippen molar-refractivity contribution >= 4 is 27.5 Å². The molecular formula is C15H23BrN2O3. The number of hydrogen-bond acceptors (Lipinski definition) is 4. The van der Waals surface area contributed by atoms with Gasteiger partial charge in [0.25, 0.3) is 0 Å². The van der Waals surface area contributed by atoms with Gasteiger partial charge in [-0.25, -0.2) is 0 Å². The number of carbonyl (C=O) groups is 1. The summed E-state index contributed by atoms with van der Waals surface area (Å²) in [5, 5.41) is 2.91. The molecule has 0 heterocycles. The van der Waals surface area contributed by atoms with Crippen LogP contribution in [0.3, 0.4) is 0 Å². The van der Waals surface area contributed by atoms with Crippen LogP contribution in [0.25, 0.3) is 0 Å². The number of anilines is 1. The molecule has 0 unspecified atom stereocenters. The van der Waals surface area contributed by atoms with E-state index in [4.69, 9.17) is 9.47 Å². The van der Waals surface area contributed by atoms with E-state index in [2.05, 4.69) is 21.2 Å². The van der Waals surface area contributed by atoms with Crippen molar-refractivity contribution in [3.63, 3.8) is 0 Å². The van der Waals surface area contributed by atoms with E-state index in [9.17, 15) is 4.79 Å². The van der Waals surface area contributed by atoms with Gasteiger partial charge in [0, 0.05) is 31.8 Å². The van der Waals surface area contributed by atoms with Gasteiger partial charge >= 0.3 is 0 Å². The largest absolute Gasteiger partial charge is 0.383 e. The molecule has 6 heteroatoms. The number of carbonyl (C=O) groups excluding carboxylic acids is 1. The fraction of sp³-hybridized carbons (Fsp3) is 0.533. The number of aryl methyl sites for hydroxylation is 1. The first kappa shape index (κ1) is 18.1. The van der Waals surface area contributed by atoms with E-state index in [0.29, 0.717) is 32.8 Å². The van der Waals surface area contributed by atoms with Crippen molar-refractivity contribution in [1.82, 2.24) is 4.90 Å². The van der Waals surface area contributed by atoms with Crippen LogP contribution in [0.4, 0.5) is 5.69 Å². The fourth-order valence-corrected chi connectivity index (χ4v) is 2.42. The van der Waals surface area contributed by atoms with Gasteiger partial charge in [0.1, 0.15) is 0 Å². The van der Waals surface area contributed by atoms with E-state index in [0.717, 1.165) is 15.7 Å². The molecule has 1 amide bonds. The third-order valence-electron chi connectivity index (χ3n) is 2.99. The van der Waals surface area contributed by atoms with Crippen LogP contribution in [-0.4, -0.2) is 57.9 Å². The second-order valence-corrected chi connectivity index (χ2v) is 5.65. The van der Waals surface area contributed by atoms with Gasteiger partial charge in [-0.05, 0) is 40.5 Å². The SMILES string of the molecule is COCCN(CCOC)CC(=O)Nc1ccc(C)cc1Br. The minimum atomic E-state index is -0.0493. The van der Waals surface area contributed by atoms with Crippen LogP contribution >= 0.6 is 15.9 Å². The van der Waals surface area contributed by atoms with Gasteiger partial charge in [0.05, 0.1) is 25.4 Å². The molecule has 1 rings (SSSR count). The highest BCUT2D eigenvalue weighted by Crippen LogP contribution is 2.23. The highest BCUT2D eigenvalue weighted by atomic mass is 79.9. The second-order valence-electron chi connectivity index (χ2n) is 4.79. The molecule has 0 fully saturated rings. The lowest BCUT2D eigenvalue weighted by Crippen LogP contribution is -2.37. The van der Waals surface area contributed by atoms with Crippen molar-refractivity contribution in [2.75, 3.05) is 52.4 Å². The summed E-state index contributed by atoms with van der Waals surface area (Å²) in [6, 6.07) is 5.84. The Morgan fingerprint density at radius 1 is 1.24 bits per heavy atom. The number of methoxy groups -OCH3 is 2. The first-order chi connectivity index (χ1) is 10.1. The third kappa shape index (κ3) is 7.04. The van der Waals surface area contributed by atoms with Gasteiger partial charge in [-0.15, -0.1) is 0 Å². The number of benzene rings is 1. The molecule has 0 bridgehead atoms. The van der Waals surface area contributed by atoms with Crippen LogP contribution in [0.2, 0.25) is 0 Å². The predicted molar refractivity (Wildman–Crippen MR) is 87.7 cm³/mol. The van der Waals surface area contributed by atoms with Crippen molar-refractivity contribution in [2.45, 2.75) is 6.92 Å². The average Bonchev–Trinajstić information content (AvgIpc) is 2.45. The highest BCUT2D eigenvalue weighted by Gasteiger charge is 2.12. The van der Waals surface area contributed by atoms with Crippen LogP contribution in [-0.2, 0) is 14.3 Å². The third-order valence-corrected chi connectivity index (χ3v) is 3.65. The molecule has 0 radical (unpaired) electrons. The molecule has 21 heavy (non-hydrogen) atoms. The van der Waals surface area contributed by atoms with Crippen LogP contribution in [0.1, 0.15) is 5.56 Å². The molecule has 118 valence electrons. The van der Waals surface area contributed by atoms with Gasteiger partial charge in [-0.1, -0.05) is 6.07 Å². The lowest BCUT2D eigenvalue weighted by Gasteiger charge is -2.21. The quantitative estimate of drug-likeness (QED) is 0.735. The molecule has 0 saturated heterocycles. The summed E-state index contributed by atoms with van der Waals surface area (Å²) in [6.07, 6.45) is 0. The Morgan fingerprint density at radius 3 is 2.38 bits per heavy atom. The molecular weight excluding hydrogens is 336 g/mol. The Hall–Kier alpha value is -0.950. The van der Waals surface area contributed by atoms with Crippen LogP contribution < -0.4 is 5.32 Å². The normalized spacial score (nSPS) is 10.9. The second kappa shape index (κ2) is 9.89. The van der Waals surface area contributed by atoms with Crippen molar-refractivity contribution in [2.24, 2.45) is 0 Å². The Balaban J connectivity index is 2.55. The van der Waals surface area contributed by atoms with Crippen molar-refractivity contribution in [3.8, 4) is 0 Å². The number of halogens is 1. The van der Waals surface area contributed by atoms with Gasteiger partial charge in [0.2, 0.25) is 5.91 Å². The van der Waals surface area contributed by atoms with Gasteiger partial charge < -0.3 is 14.8 Å². The summed E-state index contributed by atoms with van der Waals surface area (Å²) in [5.41, 5.74) is 1.92. The zero-order valence-corrected chi connectivity index (χ0v) is 14.4. The van der Waals surface area contributed by atoms with E-state index >= 15 is 0 Å². The lowest BCUT2D eigenvalue weighted by atomic mass is 10.2. The maximum atomic E-state index is 12.1. The molecule has 1 aromatic carbocycles. The Bertz CT molecular complexity index is 447. The molecule has 5 nitrogen and oxygen atoms in total. The molecule has 0 spiro atoms. The number of rotatable bonds is 9. The molecule has 1 N–H and O–H groups in total. The van der Waals surface area contributed by atoms with E-state index < -0.39 is 0 Å². The summed E-state index contributed by atoms with van der Waals surface area (Å²) < 4.78 is 11.0. The topological polar surface area (TPSA) is 50.8 Å². The van der Waals surface area contributed by atoms with Gasteiger partial charge in [-0.3, -0.25) is 9.69 Å². The van der Waals surface area contributed by atoms with E-state index in [1.54, 1.807) is 14.2 Å². The highest BCUT2D eigenvalue weighted by molar-refractivity contribution is 9.10. The molecule has 0 aliphatic heterocycles. The van der Waals surface area contributed by atoms with Crippen molar-refractivity contribution in [3.05, 3.63) is 28.2 Å². The molecule has 1 aromatic rings. The minimum absolute atomic E-state index is 0.0493. The Kier molecular flexibility index (Phi) is 8.52. The summed E-state index contributed by atoms with van der Waals surface area (Å²) in [5.74, 6) is -0.0493. The predicted octanol–water partition coefficient (Wildman–Crippen LogP) is 2.29.